The summed E-state index contributed by atoms with van der Waals surface area (Å²) >= 11 is 1.66. The van der Waals surface area contributed by atoms with Crippen LogP contribution in [0.25, 0.3) is 0 Å². The number of aryl methyl sites for hydroxylation is 1. The van der Waals surface area contributed by atoms with Crippen molar-refractivity contribution in [1.82, 2.24) is 19.8 Å². The zero-order valence-electron chi connectivity index (χ0n) is 16.8. The lowest BCUT2D eigenvalue weighted by Gasteiger charge is -2.22. The Kier molecular flexibility index (Phi) is 6.35. The molecule has 3 aromatic rings. The number of halogens is 1. The lowest BCUT2D eigenvalue weighted by Crippen LogP contribution is -2.35. The van der Waals surface area contributed by atoms with E-state index in [0.717, 1.165) is 36.8 Å². The molecule has 1 fully saturated rings. The summed E-state index contributed by atoms with van der Waals surface area (Å²) in [5.41, 5.74) is 2.14. The number of carbonyl (C=O) groups is 1. The van der Waals surface area contributed by atoms with Crippen LogP contribution < -0.4 is 5.32 Å². The van der Waals surface area contributed by atoms with Crippen molar-refractivity contribution >= 4 is 28.7 Å². The second kappa shape index (κ2) is 9.32. The minimum atomic E-state index is -0.341. The highest BCUT2D eigenvalue weighted by atomic mass is 32.1. The van der Waals surface area contributed by atoms with Gasteiger partial charge < -0.3 is 10.2 Å². The van der Waals surface area contributed by atoms with E-state index >= 15 is 0 Å². The van der Waals surface area contributed by atoms with Crippen LogP contribution in [0.2, 0.25) is 0 Å². The number of thiazole rings is 1. The maximum Gasteiger partial charge on any atom is 0.257 e. The molecule has 0 atom stereocenters. The highest BCUT2D eigenvalue weighted by Crippen LogP contribution is 2.21. The quantitative estimate of drug-likeness (QED) is 0.668. The molecule has 3 heterocycles. The number of benzene rings is 1. The van der Waals surface area contributed by atoms with Gasteiger partial charge in [0.05, 0.1) is 16.3 Å². The molecule has 8 heteroatoms. The highest BCUT2D eigenvalue weighted by molar-refractivity contribution is 7.09. The van der Waals surface area contributed by atoms with Gasteiger partial charge >= 0.3 is 0 Å². The monoisotopic (exact) mass is 425 g/mol. The minimum Gasteiger partial charge on any atom is -0.339 e. The standard InChI is InChI=1S/C22H24FN5OS/c1-16-25-19(15-30-16)14-27-9-4-10-28(12-11-27)22(29)20-7-3-8-24-21(20)26-18-6-2-5-17(23)13-18/h2-3,5-8,13,15H,4,9-12,14H2,1H3,(H,24,26). The molecule has 6 nitrogen and oxygen atoms in total. The van der Waals surface area contributed by atoms with Crippen molar-refractivity contribution in [3.8, 4) is 0 Å². The summed E-state index contributed by atoms with van der Waals surface area (Å²) in [6.07, 6.45) is 2.53. The van der Waals surface area contributed by atoms with Crippen molar-refractivity contribution in [2.75, 3.05) is 31.5 Å². The Bertz CT molecular complexity index is 1020. The molecule has 30 heavy (non-hydrogen) atoms. The zero-order chi connectivity index (χ0) is 20.9. The molecule has 1 aliphatic rings. The highest BCUT2D eigenvalue weighted by Gasteiger charge is 2.23. The molecule has 1 aromatic carbocycles. The topological polar surface area (TPSA) is 61.4 Å². The molecule has 4 rings (SSSR count). The van der Waals surface area contributed by atoms with E-state index in [1.54, 1.807) is 41.8 Å². The van der Waals surface area contributed by atoms with Crippen LogP contribution in [-0.2, 0) is 6.54 Å². The summed E-state index contributed by atoms with van der Waals surface area (Å²) in [5, 5.41) is 6.25. The maximum absolute atomic E-state index is 13.5. The molecule has 1 amide bonds. The van der Waals surface area contributed by atoms with Gasteiger partial charge in [-0.15, -0.1) is 11.3 Å². The Labute approximate surface area is 179 Å². The van der Waals surface area contributed by atoms with Crippen molar-refractivity contribution in [3.05, 3.63) is 70.1 Å². The summed E-state index contributed by atoms with van der Waals surface area (Å²) in [7, 11) is 0. The van der Waals surface area contributed by atoms with Gasteiger partial charge in [0.25, 0.3) is 5.91 Å². The van der Waals surface area contributed by atoms with Gasteiger partial charge in [0, 0.05) is 50.0 Å². The van der Waals surface area contributed by atoms with E-state index in [0.29, 0.717) is 30.2 Å². The van der Waals surface area contributed by atoms with Gasteiger partial charge in [-0.05, 0) is 43.7 Å². The summed E-state index contributed by atoms with van der Waals surface area (Å²) in [6, 6.07) is 9.64. The fraction of sp³-hybridized carbons (Fsp3) is 0.318. The van der Waals surface area contributed by atoms with Crippen LogP contribution in [-0.4, -0.2) is 51.9 Å². The molecule has 1 N–H and O–H groups in total. The summed E-state index contributed by atoms with van der Waals surface area (Å²) in [4.78, 5) is 26.3. The van der Waals surface area contributed by atoms with E-state index in [2.05, 4.69) is 25.6 Å². The Balaban J connectivity index is 1.44. The van der Waals surface area contributed by atoms with Gasteiger partial charge in [-0.1, -0.05) is 6.07 Å². The van der Waals surface area contributed by atoms with Crippen LogP contribution in [0.5, 0.6) is 0 Å². The summed E-state index contributed by atoms with van der Waals surface area (Å²) in [6.45, 7) is 5.90. The number of anilines is 2. The van der Waals surface area contributed by atoms with E-state index in [4.69, 9.17) is 0 Å². The van der Waals surface area contributed by atoms with Gasteiger partial charge in [0.1, 0.15) is 11.6 Å². The normalized spacial score (nSPS) is 15.1. The van der Waals surface area contributed by atoms with E-state index in [1.807, 2.05) is 11.8 Å². The number of nitrogens with zero attached hydrogens (tertiary/aromatic N) is 4. The van der Waals surface area contributed by atoms with E-state index in [-0.39, 0.29) is 11.7 Å². The van der Waals surface area contributed by atoms with Crippen molar-refractivity contribution in [1.29, 1.82) is 0 Å². The smallest absolute Gasteiger partial charge is 0.257 e. The Morgan fingerprint density at radius 2 is 2.10 bits per heavy atom. The first-order valence-corrected chi connectivity index (χ1v) is 10.9. The summed E-state index contributed by atoms with van der Waals surface area (Å²) < 4.78 is 13.5. The molecule has 0 aliphatic carbocycles. The van der Waals surface area contributed by atoms with Crippen LogP contribution in [0.4, 0.5) is 15.9 Å². The van der Waals surface area contributed by atoms with E-state index < -0.39 is 0 Å². The molecular weight excluding hydrogens is 401 g/mol. The first-order valence-electron chi connectivity index (χ1n) is 9.99. The van der Waals surface area contributed by atoms with Gasteiger partial charge in [0.2, 0.25) is 0 Å². The van der Waals surface area contributed by atoms with Crippen molar-refractivity contribution < 1.29 is 9.18 Å². The lowest BCUT2D eigenvalue weighted by atomic mass is 10.2. The number of rotatable bonds is 5. The Morgan fingerprint density at radius 3 is 2.90 bits per heavy atom. The Morgan fingerprint density at radius 1 is 1.20 bits per heavy atom. The van der Waals surface area contributed by atoms with Crippen LogP contribution in [0.15, 0.2) is 48.0 Å². The molecule has 2 aromatic heterocycles. The zero-order valence-corrected chi connectivity index (χ0v) is 17.7. The molecule has 1 saturated heterocycles. The number of amides is 1. The average Bonchev–Trinajstić information content (AvgIpc) is 3.00. The predicted molar refractivity (Wildman–Crippen MR) is 117 cm³/mol. The molecule has 1 aliphatic heterocycles. The van der Waals surface area contributed by atoms with Gasteiger partial charge in [0.15, 0.2) is 0 Å². The first-order chi connectivity index (χ1) is 14.6. The first kappa shape index (κ1) is 20.4. The molecule has 0 bridgehead atoms. The van der Waals surface area contributed by atoms with Gasteiger partial charge in [-0.2, -0.15) is 0 Å². The average molecular weight is 426 g/mol. The maximum atomic E-state index is 13.5. The van der Waals surface area contributed by atoms with E-state index in [9.17, 15) is 9.18 Å². The van der Waals surface area contributed by atoms with Gasteiger partial charge in [-0.3, -0.25) is 9.69 Å². The fourth-order valence-corrected chi connectivity index (χ4v) is 4.20. The molecule has 0 saturated carbocycles. The third-order valence-corrected chi connectivity index (χ3v) is 5.88. The third kappa shape index (κ3) is 5.01. The van der Waals surface area contributed by atoms with Gasteiger partial charge in [-0.25, -0.2) is 14.4 Å². The predicted octanol–water partition coefficient (Wildman–Crippen LogP) is 4.08. The number of aromatic nitrogens is 2. The number of hydrogen-bond donors (Lipinski definition) is 1. The number of hydrogen-bond acceptors (Lipinski definition) is 6. The molecular formula is C22H24FN5OS. The largest absolute Gasteiger partial charge is 0.339 e. The Hall–Kier alpha value is -2.84. The number of carbonyl (C=O) groups excluding carboxylic acids is 1. The number of pyridine rings is 1. The number of nitrogens with one attached hydrogen (secondary N) is 1. The van der Waals surface area contributed by atoms with Crippen molar-refractivity contribution in [2.24, 2.45) is 0 Å². The minimum absolute atomic E-state index is 0.0617. The van der Waals surface area contributed by atoms with Crippen LogP contribution in [0, 0.1) is 12.7 Å². The summed E-state index contributed by atoms with van der Waals surface area (Å²) in [5.74, 6) is 0.0345. The fourth-order valence-electron chi connectivity index (χ4n) is 3.59. The molecule has 0 radical (unpaired) electrons. The third-order valence-electron chi connectivity index (χ3n) is 5.05. The van der Waals surface area contributed by atoms with E-state index in [1.165, 1.54) is 12.1 Å². The molecule has 0 unspecified atom stereocenters. The van der Waals surface area contributed by atoms with Crippen LogP contribution >= 0.6 is 11.3 Å². The second-order valence-electron chi connectivity index (χ2n) is 7.31. The second-order valence-corrected chi connectivity index (χ2v) is 8.38. The van der Waals surface area contributed by atoms with Crippen molar-refractivity contribution in [2.45, 2.75) is 19.9 Å². The van der Waals surface area contributed by atoms with Crippen molar-refractivity contribution in [3.63, 3.8) is 0 Å². The van der Waals surface area contributed by atoms with Crippen LogP contribution in [0.3, 0.4) is 0 Å². The molecule has 156 valence electrons. The van der Waals surface area contributed by atoms with Crippen LogP contribution in [0.1, 0.15) is 27.5 Å². The molecule has 0 spiro atoms. The SMILES string of the molecule is Cc1nc(CN2CCCN(C(=O)c3cccnc3Nc3cccc(F)c3)CC2)cs1. The lowest BCUT2D eigenvalue weighted by molar-refractivity contribution is 0.0761.